The SMILES string of the molecule is CC(C)C[C@H](NC(=O)[C@@H](Cc1cn(Cc2ccccc2)cn1)NC(=O)[C@H](Cc1ccc(OC(C)(C)C)cc1)NC(=O)[C@H](COC(C)(C)C)NC(=O)[C@H](Cc1cn(C(=O)OC(C)(C)C)c2ccccc12)NC(=O)[C@H](Cc1cn(C(c2ccccc2)(c2ccccc2)c2ccccc2)cn1)NC(=O)[C@@H]1CCC(=O)N1C(=O)OC(C)(C)C)C(=O)O. The van der Waals surface area contributed by atoms with Crippen molar-refractivity contribution in [2.24, 2.45) is 5.92 Å². The van der Waals surface area contributed by atoms with Gasteiger partial charge in [-0.15, -0.1) is 0 Å². The average Bonchev–Trinajstić information content (AvgIpc) is 1.73. The first-order chi connectivity index (χ1) is 55.3. The highest BCUT2D eigenvalue weighted by Crippen LogP contribution is 2.41. The van der Waals surface area contributed by atoms with E-state index in [1.54, 1.807) is 154 Å². The Morgan fingerprint density at radius 1 is 0.479 bits per heavy atom. The number of carbonyl (C=O) groups excluding carboxylic acids is 9. The van der Waals surface area contributed by atoms with Crippen LogP contribution in [-0.2, 0) is 90.3 Å². The average molecular weight is 1600 g/mol. The van der Waals surface area contributed by atoms with Gasteiger partial charge in [0, 0.05) is 62.6 Å². The van der Waals surface area contributed by atoms with Gasteiger partial charge < -0.3 is 65.1 Å². The lowest BCUT2D eigenvalue weighted by atomic mass is 9.77. The molecule has 6 aromatic carbocycles. The van der Waals surface area contributed by atoms with E-state index in [-0.39, 0.29) is 50.1 Å². The van der Waals surface area contributed by atoms with Crippen molar-refractivity contribution in [3.63, 3.8) is 0 Å². The van der Waals surface area contributed by atoms with Crippen molar-refractivity contribution >= 4 is 70.4 Å². The predicted octanol–water partition coefficient (Wildman–Crippen LogP) is 10.9. The minimum atomic E-state index is -1.74. The van der Waals surface area contributed by atoms with E-state index in [1.807, 2.05) is 147 Å². The Kier molecular flexibility index (Phi) is 28.0. The Hall–Kier alpha value is -12.3. The maximum atomic E-state index is 16.1. The van der Waals surface area contributed by atoms with Crippen molar-refractivity contribution < 1.29 is 72.0 Å². The molecule has 7 atom stereocenters. The maximum absolute atomic E-state index is 16.1. The lowest BCUT2D eigenvalue weighted by Crippen LogP contribution is -2.61. The number of benzene rings is 6. The molecule has 117 heavy (non-hydrogen) atoms. The van der Waals surface area contributed by atoms with Gasteiger partial charge in [-0.2, -0.15) is 0 Å². The number of hydrogen-bond acceptors (Lipinski definition) is 16. The Balaban J connectivity index is 1.05. The molecule has 0 bridgehead atoms. The quantitative estimate of drug-likeness (QED) is 0.0193. The van der Waals surface area contributed by atoms with Gasteiger partial charge in [0.25, 0.3) is 0 Å². The number of nitrogens with zero attached hydrogens (tertiary/aromatic N) is 6. The van der Waals surface area contributed by atoms with Crippen molar-refractivity contribution in [3.05, 3.63) is 246 Å². The number of hydrogen-bond donors (Lipinski definition) is 7. The number of carboxylic acid groups (broad SMARTS) is 1. The first-order valence-electron chi connectivity index (χ1n) is 39.4. The summed E-state index contributed by atoms with van der Waals surface area (Å²) in [6.45, 7) is 24.2. The van der Waals surface area contributed by atoms with Crippen LogP contribution in [0.3, 0.4) is 0 Å². The van der Waals surface area contributed by atoms with E-state index < -0.39 is 143 Å². The molecule has 27 nitrogen and oxygen atoms in total. The van der Waals surface area contributed by atoms with Crippen molar-refractivity contribution in [1.29, 1.82) is 0 Å². The second-order valence-electron chi connectivity index (χ2n) is 33.9. The van der Waals surface area contributed by atoms with Gasteiger partial charge in [0.15, 0.2) is 0 Å². The van der Waals surface area contributed by atoms with Gasteiger partial charge in [-0.3, -0.25) is 38.1 Å². The Morgan fingerprint density at radius 3 is 1.46 bits per heavy atom. The van der Waals surface area contributed by atoms with Gasteiger partial charge in [-0.05, 0) is 153 Å². The molecule has 0 radical (unpaired) electrons. The number of imidazole rings is 2. The standard InChI is InChI=1S/C90H108N12O15/c1-57(2)45-72(83(110)111)97-80(107)70(48-64-52-99(55-91-64)50-59-29-19-15-20-30-59)95-77(104)68(46-58-39-41-66(42-40-58)115-87(6,7)8)93-81(108)73(54-114-86(3,4)5)98-78(105)69(47-60-51-101(84(112)116-88(9,10)11)74-38-28-27-37-67(60)74)94-79(106)71(96-82(109)75-43-44-76(103)102(75)85(113)117-89(12,13)14)49-65-53-100(56-92-65)90(61-31-21-16-22-32-61,62-33-23-17-24-34-62)63-35-25-18-26-36-63/h15-42,51-53,55-57,68-73,75H,43-50,54H2,1-14H3,(H,93,108)(H,94,106)(H,95,104)(H,96,109)(H,97,107)(H,98,105)(H,110,111)/t68-,69-,70+,71-,72-,73-,75-/m0/s1. The summed E-state index contributed by atoms with van der Waals surface area (Å²) in [5.41, 5.74) is 0.600. The summed E-state index contributed by atoms with van der Waals surface area (Å²) >= 11 is 0. The van der Waals surface area contributed by atoms with Crippen molar-refractivity contribution in [1.82, 2.24) is 60.5 Å². The zero-order valence-corrected chi connectivity index (χ0v) is 68.9. The van der Waals surface area contributed by atoms with Crippen LogP contribution in [0.4, 0.5) is 9.59 Å². The van der Waals surface area contributed by atoms with Gasteiger partial charge in [-0.25, -0.2) is 29.3 Å². The van der Waals surface area contributed by atoms with E-state index >= 15 is 24.0 Å². The van der Waals surface area contributed by atoms with Crippen LogP contribution in [0.5, 0.6) is 5.75 Å². The van der Waals surface area contributed by atoms with E-state index in [0.29, 0.717) is 40.0 Å². The van der Waals surface area contributed by atoms with Gasteiger partial charge >= 0.3 is 18.2 Å². The molecule has 0 saturated carbocycles. The third kappa shape index (κ3) is 23.7. The smallest absolute Gasteiger partial charge is 0.419 e. The first-order valence-corrected chi connectivity index (χ1v) is 39.4. The number of fused-ring (bicyclic) bond motifs is 1. The Bertz CT molecular complexity index is 4860. The highest BCUT2D eigenvalue weighted by molar-refractivity contribution is 6.03. The number of rotatable bonds is 32. The predicted molar refractivity (Wildman–Crippen MR) is 440 cm³/mol. The number of ether oxygens (including phenoxy) is 4. The Labute approximate surface area is 682 Å². The highest BCUT2D eigenvalue weighted by atomic mass is 16.6. The second kappa shape index (κ2) is 37.6. The molecule has 0 unspecified atom stereocenters. The van der Waals surface area contributed by atoms with Crippen molar-refractivity contribution in [2.75, 3.05) is 6.61 Å². The number of carbonyl (C=O) groups is 10. The van der Waals surface area contributed by atoms with Crippen LogP contribution < -0.4 is 36.6 Å². The third-order valence-corrected chi connectivity index (χ3v) is 19.2. The molecule has 0 spiro atoms. The van der Waals surface area contributed by atoms with Crippen LogP contribution in [0, 0.1) is 5.92 Å². The molecule has 10 rings (SSSR count). The number of carboxylic acids is 1. The molecule has 1 aliphatic heterocycles. The van der Waals surface area contributed by atoms with E-state index in [4.69, 9.17) is 23.9 Å². The Morgan fingerprint density at radius 2 is 0.940 bits per heavy atom. The number of amides is 8. The summed E-state index contributed by atoms with van der Waals surface area (Å²) in [5, 5.41) is 27.7. The van der Waals surface area contributed by atoms with E-state index in [1.165, 1.54) is 10.8 Å². The molecule has 8 amide bonds. The summed E-state index contributed by atoms with van der Waals surface area (Å²) < 4.78 is 29.0. The fourth-order valence-electron chi connectivity index (χ4n) is 14.0. The molecule has 27 heteroatoms. The van der Waals surface area contributed by atoms with Gasteiger partial charge in [0.05, 0.1) is 41.8 Å². The fraction of sp³-hybridized carbons (Fsp3) is 0.400. The molecule has 9 aromatic rings. The molecule has 618 valence electrons. The van der Waals surface area contributed by atoms with Crippen LogP contribution in [-0.4, -0.2) is 164 Å². The van der Waals surface area contributed by atoms with Crippen molar-refractivity contribution in [3.8, 4) is 5.75 Å². The van der Waals surface area contributed by atoms with Crippen LogP contribution in [0.2, 0.25) is 0 Å². The monoisotopic (exact) mass is 1600 g/mol. The lowest BCUT2D eigenvalue weighted by molar-refractivity contribution is -0.143. The van der Waals surface area contributed by atoms with E-state index in [2.05, 4.69) is 36.9 Å². The van der Waals surface area contributed by atoms with Crippen LogP contribution in [0.15, 0.2) is 201 Å². The van der Waals surface area contributed by atoms with Crippen LogP contribution in [0.1, 0.15) is 161 Å². The summed E-state index contributed by atoms with van der Waals surface area (Å²) in [5.74, 6) is -7.28. The van der Waals surface area contributed by atoms with Crippen molar-refractivity contribution in [2.45, 2.75) is 219 Å². The molecule has 0 aliphatic carbocycles. The lowest BCUT2D eigenvalue weighted by Gasteiger charge is -2.37. The number of aliphatic carboxylic acids is 1. The summed E-state index contributed by atoms with van der Waals surface area (Å²) in [7, 11) is 0. The van der Waals surface area contributed by atoms with Gasteiger partial charge in [0.1, 0.15) is 70.4 Å². The molecule has 4 heterocycles. The highest BCUT2D eigenvalue weighted by Gasteiger charge is 2.45. The largest absolute Gasteiger partial charge is 0.488 e. The van der Waals surface area contributed by atoms with Crippen LogP contribution in [0.25, 0.3) is 10.9 Å². The molecular formula is C90H108N12O15. The minimum Gasteiger partial charge on any atom is -0.488 e. The molecular weight excluding hydrogens is 1490 g/mol. The van der Waals surface area contributed by atoms with E-state index in [0.717, 1.165) is 27.2 Å². The first kappa shape index (κ1) is 87.1. The van der Waals surface area contributed by atoms with Gasteiger partial charge in [0.2, 0.25) is 41.4 Å². The second-order valence-corrected chi connectivity index (χ2v) is 33.9. The minimum absolute atomic E-state index is 0.0508. The molecule has 1 saturated heterocycles. The topological polar surface area (TPSA) is 344 Å². The molecule has 3 aromatic heterocycles. The maximum Gasteiger partial charge on any atom is 0.419 e. The number of aromatic nitrogens is 5. The zero-order valence-electron chi connectivity index (χ0n) is 68.9. The summed E-state index contributed by atoms with van der Waals surface area (Å²) in [6.07, 6.45) is 4.73. The van der Waals surface area contributed by atoms with Gasteiger partial charge in [-0.1, -0.05) is 166 Å². The van der Waals surface area contributed by atoms with E-state index in [9.17, 15) is 29.1 Å². The third-order valence-electron chi connectivity index (χ3n) is 19.2. The fourth-order valence-corrected chi connectivity index (χ4v) is 14.0. The summed E-state index contributed by atoms with van der Waals surface area (Å²) in [4.78, 5) is 158. The normalized spacial score (nSPS) is 14.9. The molecule has 7 N–H and O–H groups in total. The number of nitrogens with one attached hydrogen (secondary N) is 6. The zero-order chi connectivity index (χ0) is 84.7. The molecule has 1 aliphatic rings. The molecule has 1 fully saturated rings. The van der Waals surface area contributed by atoms with Crippen LogP contribution >= 0.6 is 0 Å². The number of likely N-dealkylation sites (tertiary alicyclic amines) is 1. The number of imide groups is 1. The number of para-hydroxylation sites is 1. The summed E-state index contributed by atoms with van der Waals surface area (Å²) in [6, 6.07) is 41.4.